The number of amides is 1. The molecule has 1 aromatic rings. The Morgan fingerprint density at radius 1 is 1.22 bits per heavy atom. The third-order valence-corrected chi connectivity index (χ3v) is 2.31. The zero-order valence-corrected chi connectivity index (χ0v) is 11.7. The van der Waals surface area contributed by atoms with E-state index in [1.165, 1.54) is 0 Å². The van der Waals surface area contributed by atoms with Crippen molar-refractivity contribution in [2.75, 3.05) is 11.9 Å². The van der Waals surface area contributed by atoms with Crippen molar-refractivity contribution in [1.82, 2.24) is 0 Å². The van der Waals surface area contributed by atoms with Gasteiger partial charge in [0.2, 0.25) is 0 Å². The van der Waals surface area contributed by atoms with Gasteiger partial charge in [0.1, 0.15) is 6.61 Å². The fourth-order valence-electron chi connectivity index (χ4n) is 1.08. The summed E-state index contributed by atoms with van der Waals surface area (Å²) < 4.78 is 3.58. The topological polar surface area (TPSA) is 38.3 Å². The number of hydrogen-bond donors (Lipinski definition) is 1. The van der Waals surface area contributed by atoms with Crippen molar-refractivity contribution >= 4 is 46.6 Å². The Kier molecular flexibility index (Phi) is 6.33. The number of carbonyl (C=O) groups is 1. The maximum absolute atomic E-state index is 11.3. The van der Waals surface area contributed by atoms with Gasteiger partial charge in [-0.2, -0.15) is 0 Å². The first-order chi connectivity index (χ1) is 8.47. The number of anilines is 1. The van der Waals surface area contributed by atoms with Gasteiger partial charge in [0.05, 0.1) is 0 Å². The molecule has 3 nitrogen and oxygen atoms in total. The summed E-state index contributed by atoms with van der Waals surface area (Å²) in [6, 6.07) is 9.02. The molecular weight excluding hydrogens is 296 g/mol. The average Bonchev–Trinajstić information content (AvgIpc) is 2.28. The van der Waals surface area contributed by atoms with E-state index in [1.807, 2.05) is 18.2 Å². The highest BCUT2D eigenvalue weighted by atomic mass is 35.6. The van der Waals surface area contributed by atoms with Crippen molar-refractivity contribution in [3.63, 3.8) is 0 Å². The molecule has 0 unspecified atom stereocenters. The van der Waals surface area contributed by atoms with E-state index >= 15 is 0 Å². The molecule has 0 bridgehead atoms. The second-order valence-electron chi connectivity index (χ2n) is 3.38. The second kappa shape index (κ2) is 7.52. The van der Waals surface area contributed by atoms with Gasteiger partial charge < -0.3 is 4.74 Å². The zero-order chi connectivity index (χ0) is 13.4. The van der Waals surface area contributed by atoms with Gasteiger partial charge in [-0.25, -0.2) is 4.79 Å². The minimum Gasteiger partial charge on any atom is -0.445 e. The van der Waals surface area contributed by atoms with E-state index < -0.39 is 9.89 Å². The summed E-state index contributed by atoms with van der Waals surface area (Å²) in [6.07, 6.45) is 3.00. The van der Waals surface area contributed by atoms with Crippen LogP contribution in [0.3, 0.4) is 0 Å². The number of halogens is 3. The van der Waals surface area contributed by atoms with E-state index in [4.69, 9.17) is 39.5 Å². The van der Waals surface area contributed by atoms with Crippen LogP contribution in [0.5, 0.6) is 0 Å². The van der Waals surface area contributed by atoms with Crippen molar-refractivity contribution in [2.45, 2.75) is 10.2 Å². The van der Waals surface area contributed by atoms with E-state index in [0.717, 1.165) is 0 Å². The van der Waals surface area contributed by atoms with Crippen molar-refractivity contribution in [3.05, 3.63) is 42.5 Å². The predicted molar refractivity (Wildman–Crippen MR) is 75.5 cm³/mol. The van der Waals surface area contributed by atoms with Crippen LogP contribution < -0.4 is 5.32 Å². The zero-order valence-electron chi connectivity index (χ0n) is 9.41. The Morgan fingerprint density at radius 2 is 1.89 bits per heavy atom. The Morgan fingerprint density at radius 3 is 2.50 bits per heavy atom. The van der Waals surface area contributed by atoms with Gasteiger partial charge in [-0.15, -0.1) is 0 Å². The SMILES string of the molecule is O=C(Nc1ccccc1)OC/C=C/CC(Cl)(Cl)Cl. The third kappa shape index (κ3) is 7.43. The highest BCUT2D eigenvalue weighted by Gasteiger charge is 2.16. The highest BCUT2D eigenvalue weighted by molar-refractivity contribution is 6.67. The lowest BCUT2D eigenvalue weighted by Crippen LogP contribution is -2.13. The third-order valence-electron chi connectivity index (χ3n) is 1.85. The van der Waals surface area contributed by atoms with Crippen LogP contribution in [0.2, 0.25) is 0 Å². The van der Waals surface area contributed by atoms with E-state index in [1.54, 1.807) is 24.3 Å². The van der Waals surface area contributed by atoms with Gasteiger partial charge in [0, 0.05) is 12.1 Å². The van der Waals surface area contributed by atoms with E-state index in [0.29, 0.717) is 5.69 Å². The van der Waals surface area contributed by atoms with Gasteiger partial charge >= 0.3 is 6.09 Å². The van der Waals surface area contributed by atoms with Crippen molar-refractivity contribution in [2.24, 2.45) is 0 Å². The number of alkyl halides is 3. The lowest BCUT2D eigenvalue weighted by atomic mass is 10.3. The number of allylic oxidation sites excluding steroid dienone is 1. The molecule has 0 spiro atoms. The molecule has 0 aromatic heterocycles. The number of carbonyl (C=O) groups excluding carboxylic acids is 1. The standard InChI is InChI=1S/C12H12Cl3NO2/c13-12(14,15)8-4-5-9-18-11(17)16-10-6-2-1-3-7-10/h1-7H,8-9H2,(H,16,17)/b5-4+. The van der Waals surface area contributed by atoms with Crippen LogP contribution in [0.25, 0.3) is 0 Å². The molecule has 18 heavy (non-hydrogen) atoms. The van der Waals surface area contributed by atoms with E-state index in [9.17, 15) is 4.79 Å². The monoisotopic (exact) mass is 307 g/mol. The molecule has 1 N–H and O–H groups in total. The first kappa shape index (κ1) is 15.2. The molecule has 0 heterocycles. The molecule has 1 rings (SSSR count). The van der Waals surface area contributed by atoms with Crippen LogP contribution in [-0.2, 0) is 4.74 Å². The molecule has 0 fully saturated rings. The van der Waals surface area contributed by atoms with Crippen LogP contribution >= 0.6 is 34.8 Å². The van der Waals surface area contributed by atoms with Crippen molar-refractivity contribution in [1.29, 1.82) is 0 Å². The van der Waals surface area contributed by atoms with Gasteiger partial charge in [-0.05, 0) is 12.1 Å². The lowest BCUT2D eigenvalue weighted by molar-refractivity contribution is 0.174. The summed E-state index contributed by atoms with van der Waals surface area (Å²) in [4.78, 5) is 11.3. The number of hydrogen-bond acceptors (Lipinski definition) is 2. The fraction of sp³-hybridized carbons (Fsp3) is 0.250. The molecule has 0 radical (unpaired) electrons. The molecule has 1 aromatic carbocycles. The summed E-state index contributed by atoms with van der Waals surface area (Å²) in [7, 11) is 0. The van der Waals surface area contributed by atoms with Gasteiger partial charge in [-0.3, -0.25) is 5.32 Å². The predicted octanol–water partition coefficient (Wildman–Crippen LogP) is 4.55. The van der Waals surface area contributed by atoms with Crippen LogP contribution in [0, 0.1) is 0 Å². The van der Waals surface area contributed by atoms with Gasteiger partial charge in [0.25, 0.3) is 0 Å². The Balaban J connectivity index is 2.22. The fourth-order valence-corrected chi connectivity index (χ4v) is 1.35. The Bertz CT molecular complexity index is 402. The molecule has 1 amide bonds. The maximum Gasteiger partial charge on any atom is 0.411 e. The van der Waals surface area contributed by atoms with Gasteiger partial charge in [-0.1, -0.05) is 65.2 Å². The van der Waals surface area contributed by atoms with Gasteiger partial charge in [0.15, 0.2) is 3.79 Å². The molecule has 0 aliphatic rings. The normalized spacial score (nSPS) is 11.5. The summed E-state index contributed by atoms with van der Waals surface area (Å²) in [5.41, 5.74) is 0.674. The molecule has 98 valence electrons. The first-order valence-corrected chi connectivity index (χ1v) is 6.31. The molecule has 0 atom stereocenters. The van der Waals surface area contributed by atoms with E-state index in [-0.39, 0.29) is 13.0 Å². The minimum absolute atomic E-state index is 0.124. The van der Waals surface area contributed by atoms with Crippen molar-refractivity contribution < 1.29 is 9.53 Å². The number of ether oxygens (including phenoxy) is 1. The molecular formula is C12H12Cl3NO2. The number of benzene rings is 1. The maximum atomic E-state index is 11.3. The smallest absolute Gasteiger partial charge is 0.411 e. The van der Waals surface area contributed by atoms with Crippen LogP contribution in [-0.4, -0.2) is 16.5 Å². The lowest BCUT2D eigenvalue weighted by Gasteiger charge is -2.06. The number of nitrogens with one attached hydrogen (secondary N) is 1. The quantitative estimate of drug-likeness (QED) is 0.654. The van der Waals surface area contributed by atoms with E-state index in [2.05, 4.69) is 5.32 Å². The minimum atomic E-state index is -1.32. The summed E-state index contributed by atoms with van der Waals surface area (Å²) in [5.74, 6) is 0. The number of para-hydroxylation sites is 1. The first-order valence-electron chi connectivity index (χ1n) is 5.18. The Labute approximate surface area is 121 Å². The summed E-state index contributed by atoms with van der Waals surface area (Å²) in [5, 5.41) is 2.58. The molecule has 0 aliphatic carbocycles. The number of rotatable bonds is 4. The molecule has 6 heteroatoms. The summed E-state index contributed by atoms with van der Waals surface area (Å²) in [6.45, 7) is 0.124. The van der Waals surface area contributed by atoms with Crippen LogP contribution in [0.4, 0.5) is 10.5 Å². The van der Waals surface area contributed by atoms with Crippen LogP contribution in [0.1, 0.15) is 6.42 Å². The summed E-state index contributed by atoms with van der Waals surface area (Å²) >= 11 is 16.6. The largest absolute Gasteiger partial charge is 0.445 e. The molecule has 0 saturated carbocycles. The molecule has 0 saturated heterocycles. The second-order valence-corrected chi connectivity index (χ2v) is 5.90. The average molecular weight is 309 g/mol. The Hall–Kier alpha value is -0.900. The van der Waals surface area contributed by atoms with Crippen molar-refractivity contribution in [3.8, 4) is 0 Å². The molecule has 0 aliphatic heterocycles. The van der Waals surface area contributed by atoms with Crippen LogP contribution in [0.15, 0.2) is 42.5 Å². The highest BCUT2D eigenvalue weighted by Crippen LogP contribution is 2.30.